The lowest BCUT2D eigenvalue weighted by molar-refractivity contribution is 0.224. The van der Waals surface area contributed by atoms with Crippen molar-refractivity contribution in [2.45, 2.75) is 19.5 Å². The van der Waals surface area contributed by atoms with Gasteiger partial charge in [0.05, 0.1) is 12.6 Å². The Morgan fingerprint density at radius 2 is 2.29 bits per heavy atom. The van der Waals surface area contributed by atoms with Crippen LogP contribution in [-0.2, 0) is 6.54 Å². The summed E-state index contributed by atoms with van der Waals surface area (Å²) >= 11 is 8.41. The summed E-state index contributed by atoms with van der Waals surface area (Å²) in [5.74, 6) is 3.19. The van der Waals surface area contributed by atoms with E-state index in [1.807, 2.05) is 30.0 Å². The molecule has 1 aliphatic heterocycles. The van der Waals surface area contributed by atoms with Gasteiger partial charge < -0.3 is 4.74 Å². The molecule has 0 N–H and O–H groups in total. The molecule has 1 atom stereocenters. The number of thioether (sulfide) groups is 1. The van der Waals surface area contributed by atoms with E-state index in [-0.39, 0.29) is 0 Å². The first-order chi connectivity index (χ1) is 10.2. The topological polar surface area (TPSA) is 25.4 Å². The van der Waals surface area contributed by atoms with Gasteiger partial charge >= 0.3 is 0 Å². The number of fused-ring (bicyclic) bond motifs is 1. The number of ether oxygens (including phenoxy) is 1. The van der Waals surface area contributed by atoms with E-state index in [4.69, 9.17) is 16.3 Å². The van der Waals surface area contributed by atoms with Crippen molar-refractivity contribution in [1.29, 1.82) is 0 Å². The normalized spacial score (nSPS) is 19.9. The van der Waals surface area contributed by atoms with Gasteiger partial charge in [0.15, 0.2) is 0 Å². The highest BCUT2D eigenvalue weighted by atomic mass is 35.5. The van der Waals surface area contributed by atoms with Crippen molar-refractivity contribution in [3.8, 4) is 5.75 Å². The molecule has 0 bridgehead atoms. The molecular weight excluding hydrogens is 304 g/mol. The molecule has 0 saturated carbocycles. The number of methoxy groups -OCH3 is 1. The van der Waals surface area contributed by atoms with Crippen molar-refractivity contribution in [2.75, 3.05) is 25.2 Å². The number of hydrogen-bond donors (Lipinski definition) is 0. The minimum Gasteiger partial charge on any atom is -0.497 e. The van der Waals surface area contributed by atoms with E-state index in [2.05, 4.69) is 22.9 Å². The van der Waals surface area contributed by atoms with E-state index in [0.717, 1.165) is 35.3 Å². The molecule has 2 aromatic rings. The van der Waals surface area contributed by atoms with Crippen molar-refractivity contribution in [3.63, 3.8) is 0 Å². The fraction of sp³-hybridized carbons (Fsp3) is 0.438. The lowest BCUT2D eigenvalue weighted by Gasteiger charge is -2.33. The molecule has 0 spiro atoms. The largest absolute Gasteiger partial charge is 0.497 e. The van der Waals surface area contributed by atoms with Gasteiger partial charge in [-0.25, -0.2) is 4.98 Å². The second kappa shape index (κ2) is 6.42. The predicted octanol–water partition coefficient (Wildman–Crippen LogP) is 3.83. The van der Waals surface area contributed by atoms with Gasteiger partial charge in [-0.3, -0.25) is 4.90 Å². The quantitative estimate of drug-likeness (QED) is 0.802. The highest BCUT2D eigenvalue weighted by Gasteiger charge is 2.20. The maximum atomic E-state index is 6.38. The molecule has 0 amide bonds. The molecule has 1 saturated heterocycles. The number of hydrogen-bond acceptors (Lipinski definition) is 4. The molecule has 1 unspecified atom stereocenters. The molecule has 3 rings (SSSR count). The Bertz CT molecular complexity index is 649. The van der Waals surface area contributed by atoms with Gasteiger partial charge in [0.25, 0.3) is 0 Å². The van der Waals surface area contributed by atoms with Crippen molar-refractivity contribution >= 4 is 34.3 Å². The van der Waals surface area contributed by atoms with Crippen molar-refractivity contribution < 1.29 is 4.74 Å². The van der Waals surface area contributed by atoms with Crippen LogP contribution in [0.1, 0.15) is 12.5 Å². The van der Waals surface area contributed by atoms with Gasteiger partial charge in [-0.15, -0.1) is 0 Å². The summed E-state index contributed by atoms with van der Waals surface area (Å²) in [5.41, 5.74) is 1.98. The van der Waals surface area contributed by atoms with E-state index < -0.39 is 0 Å². The van der Waals surface area contributed by atoms with Gasteiger partial charge in [-0.2, -0.15) is 11.8 Å². The van der Waals surface area contributed by atoms with E-state index in [0.29, 0.717) is 11.2 Å². The molecule has 1 aromatic heterocycles. The Kier molecular flexibility index (Phi) is 4.57. The molecule has 112 valence electrons. The Balaban J connectivity index is 1.90. The zero-order valence-electron chi connectivity index (χ0n) is 12.3. The average molecular weight is 323 g/mol. The molecule has 21 heavy (non-hydrogen) atoms. The number of halogens is 1. The highest BCUT2D eigenvalue weighted by molar-refractivity contribution is 7.99. The van der Waals surface area contributed by atoms with Crippen LogP contribution >= 0.6 is 23.4 Å². The van der Waals surface area contributed by atoms with Gasteiger partial charge in [-0.1, -0.05) is 11.6 Å². The highest BCUT2D eigenvalue weighted by Crippen LogP contribution is 2.26. The molecule has 1 aliphatic rings. The third-order valence-corrected chi connectivity index (χ3v) is 5.45. The van der Waals surface area contributed by atoms with Crippen molar-refractivity contribution in [3.05, 3.63) is 35.0 Å². The smallest absolute Gasteiger partial charge is 0.134 e. The number of benzene rings is 1. The maximum Gasteiger partial charge on any atom is 0.134 e. The van der Waals surface area contributed by atoms with Gasteiger partial charge in [0.1, 0.15) is 10.9 Å². The Morgan fingerprint density at radius 1 is 1.43 bits per heavy atom. The Morgan fingerprint density at radius 3 is 3.05 bits per heavy atom. The first kappa shape index (κ1) is 14.9. The number of nitrogens with zero attached hydrogens (tertiary/aromatic N) is 2. The van der Waals surface area contributed by atoms with E-state index in [1.54, 1.807) is 7.11 Å². The summed E-state index contributed by atoms with van der Waals surface area (Å²) < 4.78 is 5.23. The minimum atomic E-state index is 0.589. The van der Waals surface area contributed by atoms with Crippen LogP contribution in [0.2, 0.25) is 5.15 Å². The van der Waals surface area contributed by atoms with Crippen LogP contribution in [0.4, 0.5) is 0 Å². The predicted molar refractivity (Wildman–Crippen MR) is 90.5 cm³/mol. The molecule has 0 aliphatic carbocycles. The fourth-order valence-electron chi connectivity index (χ4n) is 2.62. The van der Waals surface area contributed by atoms with Crippen LogP contribution in [0.25, 0.3) is 10.9 Å². The molecule has 3 nitrogen and oxygen atoms in total. The van der Waals surface area contributed by atoms with Gasteiger partial charge in [-0.05, 0) is 25.1 Å². The minimum absolute atomic E-state index is 0.589. The SMILES string of the molecule is COc1ccc2cc(CN3CCSCC3C)c(Cl)nc2c1. The average Bonchev–Trinajstić information content (AvgIpc) is 2.49. The molecule has 5 heteroatoms. The van der Waals surface area contributed by atoms with Crippen molar-refractivity contribution in [1.82, 2.24) is 9.88 Å². The van der Waals surface area contributed by atoms with E-state index in [9.17, 15) is 0 Å². The second-order valence-electron chi connectivity index (χ2n) is 5.39. The third kappa shape index (κ3) is 3.28. The molecular formula is C16H19ClN2OS. The molecule has 0 radical (unpaired) electrons. The maximum absolute atomic E-state index is 6.38. The van der Waals surface area contributed by atoms with Crippen LogP contribution < -0.4 is 4.74 Å². The summed E-state index contributed by atoms with van der Waals surface area (Å²) in [6, 6.07) is 8.66. The van der Waals surface area contributed by atoms with Crippen LogP contribution in [0.3, 0.4) is 0 Å². The second-order valence-corrected chi connectivity index (χ2v) is 6.90. The van der Waals surface area contributed by atoms with E-state index >= 15 is 0 Å². The first-order valence-electron chi connectivity index (χ1n) is 7.12. The van der Waals surface area contributed by atoms with E-state index in [1.165, 1.54) is 11.5 Å². The lowest BCUT2D eigenvalue weighted by atomic mass is 10.1. The summed E-state index contributed by atoms with van der Waals surface area (Å²) in [4.78, 5) is 7.01. The zero-order chi connectivity index (χ0) is 14.8. The fourth-order valence-corrected chi connectivity index (χ4v) is 3.91. The number of aromatic nitrogens is 1. The van der Waals surface area contributed by atoms with Crippen LogP contribution in [0.5, 0.6) is 5.75 Å². The Hall–Kier alpha value is -0.970. The zero-order valence-corrected chi connectivity index (χ0v) is 13.9. The lowest BCUT2D eigenvalue weighted by Crippen LogP contribution is -2.39. The van der Waals surface area contributed by atoms with Crippen molar-refractivity contribution in [2.24, 2.45) is 0 Å². The molecule has 1 aromatic carbocycles. The molecule has 2 heterocycles. The third-order valence-electron chi connectivity index (χ3n) is 3.93. The summed E-state index contributed by atoms with van der Waals surface area (Å²) in [6.07, 6.45) is 0. The summed E-state index contributed by atoms with van der Waals surface area (Å²) in [5, 5.41) is 1.70. The Labute approximate surface area is 134 Å². The standard InChI is InChI=1S/C16H19ClN2OS/c1-11-10-21-6-5-19(11)9-13-7-12-3-4-14(20-2)8-15(12)18-16(13)17/h3-4,7-8,11H,5-6,9-10H2,1-2H3. The number of rotatable bonds is 3. The summed E-state index contributed by atoms with van der Waals surface area (Å²) in [7, 11) is 1.66. The van der Waals surface area contributed by atoms with Gasteiger partial charge in [0, 0.05) is 47.7 Å². The van der Waals surface area contributed by atoms with Crippen LogP contribution in [-0.4, -0.2) is 41.1 Å². The number of pyridine rings is 1. The van der Waals surface area contributed by atoms with Crippen LogP contribution in [0.15, 0.2) is 24.3 Å². The molecule has 1 fully saturated rings. The summed E-state index contributed by atoms with van der Waals surface area (Å²) in [6.45, 7) is 4.26. The monoisotopic (exact) mass is 322 g/mol. The van der Waals surface area contributed by atoms with Crippen LogP contribution in [0, 0.1) is 0 Å². The first-order valence-corrected chi connectivity index (χ1v) is 8.65. The van der Waals surface area contributed by atoms with Gasteiger partial charge in [0.2, 0.25) is 0 Å².